The van der Waals surface area contributed by atoms with Gasteiger partial charge in [-0.1, -0.05) is 36.4 Å². The highest BCUT2D eigenvalue weighted by molar-refractivity contribution is 5.95. The van der Waals surface area contributed by atoms with Crippen molar-refractivity contribution in [2.24, 2.45) is 0 Å². The monoisotopic (exact) mass is 359 g/mol. The Kier molecular flexibility index (Phi) is 4.15. The van der Waals surface area contributed by atoms with Crippen molar-refractivity contribution in [3.05, 3.63) is 59.4 Å². The van der Waals surface area contributed by atoms with Gasteiger partial charge in [-0.3, -0.25) is 0 Å². The SMILES string of the molecule is CC(C)N(C)c1nc2c(nc1-c1ccc3ccccc3c1)C=C(C(=O)O)C2. The Morgan fingerprint density at radius 3 is 2.56 bits per heavy atom. The molecule has 0 bridgehead atoms. The first-order valence-electron chi connectivity index (χ1n) is 9.01. The fourth-order valence-electron chi connectivity index (χ4n) is 3.27. The van der Waals surface area contributed by atoms with E-state index in [0.29, 0.717) is 17.7 Å². The molecule has 1 heterocycles. The summed E-state index contributed by atoms with van der Waals surface area (Å²) in [6, 6.07) is 14.7. The zero-order valence-electron chi connectivity index (χ0n) is 15.6. The zero-order chi connectivity index (χ0) is 19.1. The third-order valence-corrected chi connectivity index (χ3v) is 5.06. The molecule has 1 N–H and O–H groups in total. The molecule has 27 heavy (non-hydrogen) atoms. The van der Waals surface area contributed by atoms with E-state index < -0.39 is 5.97 Å². The van der Waals surface area contributed by atoms with Crippen LogP contribution in [0.2, 0.25) is 0 Å². The van der Waals surface area contributed by atoms with Gasteiger partial charge in [0.25, 0.3) is 0 Å². The second-order valence-corrected chi connectivity index (χ2v) is 7.15. The molecule has 0 saturated carbocycles. The molecule has 4 rings (SSSR count). The number of carbonyl (C=O) groups is 1. The van der Waals surface area contributed by atoms with Gasteiger partial charge in [-0.2, -0.15) is 0 Å². The third kappa shape index (κ3) is 3.05. The fourth-order valence-corrected chi connectivity index (χ4v) is 3.27. The van der Waals surface area contributed by atoms with Gasteiger partial charge < -0.3 is 10.0 Å². The largest absolute Gasteiger partial charge is 0.478 e. The summed E-state index contributed by atoms with van der Waals surface area (Å²) in [4.78, 5) is 23.1. The van der Waals surface area contributed by atoms with Crippen LogP contribution >= 0.6 is 0 Å². The third-order valence-electron chi connectivity index (χ3n) is 5.06. The van der Waals surface area contributed by atoms with Crippen LogP contribution in [0.1, 0.15) is 25.2 Å². The average Bonchev–Trinajstić information content (AvgIpc) is 3.09. The van der Waals surface area contributed by atoms with Crippen molar-refractivity contribution in [1.82, 2.24) is 9.97 Å². The van der Waals surface area contributed by atoms with Gasteiger partial charge in [0.2, 0.25) is 0 Å². The minimum Gasteiger partial charge on any atom is -0.478 e. The number of fused-ring (bicyclic) bond motifs is 2. The first-order valence-corrected chi connectivity index (χ1v) is 9.01. The number of hydrogen-bond donors (Lipinski definition) is 1. The van der Waals surface area contributed by atoms with Crippen LogP contribution in [0.4, 0.5) is 5.82 Å². The van der Waals surface area contributed by atoms with Gasteiger partial charge in [0.1, 0.15) is 5.69 Å². The number of anilines is 1. The van der Waals surface area contributed by atoms with Crippen LogP contribution in [0.5, 0.6) is 0 Å². The molecule has 0 aliphatic heterocycles. The smallest absolute Gasteiger partial charge is 0.332 e. The molecule has 0 atom stereocenters. The number of aliphatic carboxylic acids is 1. The maximum atomic E-state index is 11.4. The first kappa shape index (κ1) is 17.2. The van der Waals surface area contributed by atoms with Crippen molar-refractivity contribution >= 4 is 28.6 Å². The van der Waals surface area contributed by atoms with Gasteiger partial charge in [0.05, 0.1) is 11.4 Å². The molecule has 2 aromatic carbocycles. The maximum absolute atomic E-state index is 11.4. The van der Waals surface area contributed by atoms with Gasteiger partial charge in [0.15, 0.2) is 5.82 Å². The predicted octanol–water partition coefficient (Wildman–Crippen LogP) is 4.17. The molecular formula is C22H21N3O2. The molecule has 0 radical (unpaired) electrons. The normalized spacial score (nSPS) is 13.0. The van der Waals surface area contributed by atoms with Crippen LogP contribution < -0.4 is 4.90 Å². The minimum atomic E-state index is -0.916. The second-order valence-electron chi connectivity index (χ2n) is 7.15. The Labute approximate surface area is 158 Å². The molecule has 1 aromatic heterocycles. The van der Waals surface area contributed by atoms with Gasteiger partial charge in [-0.25, -0.2) is 14.8 Å². The van der Waals surface area contributed by atoms with E-state index in [1.165, 1.54) is 5.39 Å². The molecule has 0 spiro atoms. The van der Waals surface area contributed by atoms with Gasteiger partial charge >= 0.3 is 5.97 Å². The summed E-state index contributed by atoms with van der Waals surface area (Å²) in [5.74, 6) is -0.139. The summed E-state index contributed by atoms with van der Waals surface area (Å²) in [5.41, 5.74) is 3.46. The number of carboxylic acids is 1. The van der Waals surface area contributed by atoms with Crippen LogP contribution in [0, 0.1) is 0 Å². The lowest BCUT2D eigenvalue weighted by molar-refractivity contribution is -0.132. The van der Waals surface area contributed by atoms with E-state index in [1.807, 2.05) is 25.2 Å². The van der Waals surface area contributed by atoms with Crippen LogP contribution in [0.25, 0.3) is 28.1 Å². The van der Waals surface area contributed by atoms with Gasteiger partial charge in [-0.05, 0) is 36.8 Å². The standard InChI is InChI=1S/C22H21N3O2/c1-13(2)25(3)21-20(16-9-8-14-6-4-5-7-15(14)10-16)23-18-11-17(22(26)27)12-19(18)24-21/h4-11,13H,12H2,1-3H3,(H,26,27). The zero-order valence-corrected chi connectivity index (χ0v) is 15.6. The van der Waals surface area contributed by atoms with Crippen molar-refractivity contribution in [3.8, 4) is 11.3 Å². The number of nitrogens with zero attached hydrogens (tertiary/aromatic N) is 3. The van der Waals surface area contributed by atoms with Crippen LogP contribution in [-0.2, 0) is 11.2 Å². The van der Waals surface area contributed by atoms with E-state index in [2.05, 4.69) is 43.0 Å². The lowest BCUT2D eigenvalue weighted by Crippen LogP contribution is -2.28. The molecule has 0 fully saturated rings. The summed E-state index contributed by atoms with van der Waals surface area (Å²) < 4.78 is 0. The number of benzene rings is 2. The molecule has 1 aliphatic rings. The molecule has 5 heteroatoms. The highest BCUT2D eigenvalue weighted by Gasteiger charge is 2.25. The molecular weight excluding hydrogens is 338 g/mol. The second kappa shape index (κ2) is 6.50. The summed E-state index contributed by atoms with van der Waals surface area (Å²) in [6.45, 7) is 4.19. The van der Waals surface area contributed by atoms with Gasteiger partial charge in [0, 0.05) is 30.6 Å². The van der Waals surface area contributed by atoms with E-state index in [1.54, 1.807) is 6.08 Å². The lowest BCUT2D eigenvalue weighted by atomic mass is 10.0. The summed E-state index contributed by atoms with van der Waals surface area (Å²) in [7, 11) is 1.99. The van der Waals surface area contributed by atoms with Crippen molar-refractivity contribution in [3.63, 3.8) is 0 Å². The van der Waals surface area contributed by atoms with Crippen LogP contribution in [-0.4, -0.2) is 34.1 Å². The van der Waals surface area contributed by atoms with Crippen molar-refractivity contribution in [2.75, 3.05) is 11.9 Å². The number of hydrogen-bond acceptors (Lipinski definition) is 4. The lowest BCUT2D eigenvalue weighted by Gasteiger charge is -2.25. The Morgan fingerprint density at radius 2 is 1.85 bits per heavy atom. The number of aromatic nitrogens is 2. The molecule has 0 amide bonds. The molecule has 1 aliphatic carbocycles. The fraction of sp³-hybridized carbons (Fsp3) is 0.227. The predicted molar refractivity (Wildman–Crippen MR) is 108 cm³/mol. The van der Waals surface area contributed by atoms with E-state index in [-0.39, 0.29) is 6.04 Å². The highest BCUT2D eigenvalue weighted by atomic mass is 16.4. The Balaban J connectivity index is 1.91. The quantitative estimate of drug-likeness (QED) is 0.757. The molecule has 0 unspecified atom stereocenters. The highest BCUT2D eigenvalue weighted by Crippen LogP contribution is 2.34. The van der Waals surface area contributed by atoms with Gasteiger partial charge in [-0.15, -0.1) is 0 Å². The van der Waals surface area contributed by atoms with Crippen LogP contribution in [0.15, 0.2) is 48.0 Å². The van der Waals surface area contributed by atoms with E-state index >= 15 is 0 Å². The average molecular weight is 359 g/mol. The number of rotatable bonds is 4. The Morgan fingerprint density at radius 1 is 1.11 bits per heavy atom. The Bertz CT molecular complexity index is 1090. The molecule has 3 aromatic rings. The first-order chi connectivity index (χ1) is 12.9. The summed E-state index contributed by atoms with van der Waals surface area (Å²) in [6.07, 6.45) is 1.95. The molecule has 0 saturated heterocycles. The van der Waals surface area contributed by atoms with E-state index in [0.717, 1.165) is 28.2 Å². The van der Waals surface area contributed by atoms with Crippen molar-refractivity contribution in [1.29, 1.82) is 0 Å². The summed E-state index contributed by atoms with van der Waals surface area (Å²) >= 11 is 0. The topological polar surface area (TPSA) is 66.3 Å². The molecule has 136 valence electrons. The van der Waals surface area contributed by atoms with E-state index in [4.69, 9.17) is 9.97 Å². The maximum Gasteiger partial charge on any atom is 0.332 e. The van der Waals surface area contributed by atoms with Crippen molar-refractivity contribution < 1.29 is 9.90 Å². The Hall–Kier alpha value is -3.21. The number of carboxylic acid groups (broad SMARTS) is 1. The molecule has 5 nitrogen and oxygen atoms in total. The minimum absolute atomic E-state index is 0.241. The van der Waals surface area contributed by atoms with Crippen molar-refractivity contribution in [2.45, 2.75) is 26.3 Å². The van der Waals surface area contributed by atoms with Crippen LogP contribution in [0.3, 0.4) is 0 Å². The summed E-state index contributed by atoms with van der Waals surface area (Å²) in [5, 5.41) is 11.6. The van der Waals surface area contributed by atoms with E-state index in [9.17, 15) is 9.90 Å².